The van der Waals surface area contributed by atoms with Crippen LogP contribution < -0.4 is 4.72 Å². The van der Waals surface area contributed by atoms with Gasteiger partial charge in [-0.05, 0) is 56.9 Å². The molecular weight excluding hydrogens is 286 g/mol. The zero-order valence-electron chi connectivity index (χ0n) is 12.8. The number of nitrogens with one attached hydrogen (secondary N) is 1. The van der Waals surface area contributed by atoms with E-state index in [0.717, 1.165) is 22.3 Å². The molecule has 0 saturated carbocycles. The maximum atomic E-state index is 12.6. The van der Waals surface area contributed by atoms with Crippen molar-refractivity contribution in [1.29, 1.82) is 0 Å². The van der Waals surface area contributed by atoms with E-state index in [4.69, 9.17) is 4.42 Å². The van der Waals surface area contributed by atoms with Gasteiger partial charge in [-0.1, -0.05) is 17.7 Å². The SMILES string of the molecule is Cc1cc(C)c(S(=O)(=O)NC(C)Cc2ccoc2)c(C)c1. The van der Waals surface area contributed by atoms with Crippen LogP contribution in [0, 0.1) is 20.8 Å². The summed E-state index contributed by atoms with van der Waals surface area (Å²) in [6.45, 7) is 7.47. The molecule has 0 aliphatic heterocycles. The van der Waals surface area contributed by atoms with Gasteiger partial charge in [0.25, 0.3) is 0 Å². The molecule has 0 bridgehead atoms. The number of hydrogen-bond donors (Lipinski definition) is 1. The Balaban J connectivity index is 2.22. The van der Waals surface area contributed by atoms with Gasteiger partial charge in [-0.2, -0.15) is 0 Å². The van der Waals surface area contributed by atoms with Crippen LogP contribution in [0.15, 0.2) is 40.0 Å². The number of furan rings is 1. The first-order chi connectivity index (χ1) is 9.79. The maximum Gasteiger partial charge on any atom is 0.241 e. The van der Waals surface area contributed by atoms with Crippen molar-refractivity contribution in [3.8, 4) is 0 Å². The summed E-state index contributed by atoms with van der Waals surface area (Å²) in [7, 11) is -3.52. The Hall–Kier alpha value is -1.59. The molecule has 2 rings (SSSR count). The van der Waals surface area contributed by atoms with Gasteiger partial charge >= 0.3 is 0 Å². The highest BCUT2D eigenvalue weighted by molar-refractivity contribution is 7.89. The minimum atomic E-state index is -3.52. The molecule has 0 spiro atoms. The summed E-state index contributed by atoms with van der Waals surface area (Å²) in [4.78, 5) is 0.382. The second kappa shape index (κ2) is 6.03. The van der Waals surface area contributed by atoms with E-state index in [1.165, 1.54) is 0 Å². The molecule has 1 unspecified atom stereocenters. The molecule has 5 heteroatoms. The molecule has 0 radical (unpaired) electrons. The Morgan fingerprint density at radius 3 is 2.33 bits per heavy atom. The van der Waals surface area contributed by atoms with E-state index in [0.29, 0.717) is 11.3 Å². The van der Waals surface area contributed by atoms with Gasteiger partial charge < -0.3 is 4.42 Å². The molecule has 1 aromatic carbocycles. The largest absolute Gasteiger partial charge is 0.472 e. The molecule has 21 heavy (non-hydrogen) atoms. The van der Waals surface area contributed by atoms with Crippen LogP contribution in [0.2, 0.25) is 0 Å². The van der Waals surface area contributed by atoms with Crippen LogP contribution in [0.4, 0.5) is 0 Å². The van der Waals surface area contributed by atoms with Crippen molar-refractivity contribution in [2.75, 3.05) is 0 Å². The highest BCUT2D eigenvalue weighted by Crippen LogP contribution is 2.22. The van der Waals surface area contributed by atoms with Gasteiger partial charge in [0.2, 0.25) is 10.0 Å². The van der Waals surface area contributed by atoms with Crippen LogP contribution in [-0.2, 0) is 16.4 Å². The van der Waals surface area contributed by atoms with E-state index in [1.54, 1.807) is 12.5 Å². The first-order valence-electron chi connectivity index (χ1n) is 6.91. The Kier molecular flexibility index (Phi) is 4.54. The van der Waals surface area contributed by atoms with E-state index >= 15 is 0 Å². The van der Waals surface area contributed by atoms with E-state index in [1.807, 2.05) is 45.9 Å². The molecule has 0 fully saturated rings. The first-order valence-corrected chi connectivity index (χ1v) is 8.39. The van der Waals surface area contributed by atoms with Gasteiger partial charge in [0.05, 0.1) is 17.4 Å². The third kappa shape index (κ3) is 3.74. The highest BCUT2D eigenvalue weighted by atomic mass is 32.2. The van der Waals surface area contributed by atoms with Gasteiger partial charge in [0.1, 0.15) is 0 Å². The zero-order chi connectivity index (χ0) is 15.6. The van der Waals surface area contributed by atoms with E-state index in [-0.39, 0.29) is 6.04 Å². The van der Waals surface area contributed by atoms with Gasteiger partial charge in [0, 0.05) is 6.04 Å². The van der Waals surface area contributed by atoms with Gasteiger partial charge in [0.15, 0.2) is 0 Å². The van der Waals surface area contributed by atoms with Crippen LogP contribution in [-0.4, -0.2) is 14.5 Å². The van der Waals surface area contributed by atoms with Crippen molar-refractivity contribution >= 4 is 10.0 Å². The first kappa shape index (κ1) is 15.8. The summed E-state index contributed by atoms with van der Waals surface area (Å²) >= 11 is 0. The average Bonchev–Trinajstić information content (AvgIpc) is 2.78. The fourth-order valence-electron chi connectivity index (χ4n) is 2.72. The Morgan fingerprint density at radius 1 is 1.19 bits per heavy atom. The van der Waals surface area contributed by atoms with Crippen molar-refractivity contribution < 1.29 is 12.8 Å². The van der Waals surface area contributed by atoms with E-state index < -0.39 is 10.0 Å². The fourth-order valence-corrected chi connectivity index (χ4v) is 4.41. The molecular formula is C16H21NO3S. The van der Waals surface area contributed by atoms with Crippen LogP contribution in [0.1, 0.15) is 29.2 Å². The predicted molar refractivity (Wildman–Crippen MR) is 82.8 cm³/mol. The molecule has 114 valence electrons. The van der Waals surface area contributed by atoms with Crippen LogP contribution in [0.25, 0.3) is 0 Å². The monoisotopic (exact) mass is 307 g/mol. The molecule has 0 aliphatic rings. The summed E-state index contributed by atoms with van der Waals surface area (Å²) in [6.07, 6.45) is 3.82. The minimum Gasteiger partial charge on any atom is -0.472 e. The molecule has 0 aliphatic carbocycles. The summed E-state index contributed by atoms with van der Waals surface area (Å²) in [6, 6.07) is 5.42. The lowest BCUT2D eigenvalue weighted by Gasteiger charge is -2.17. The number of benzene rings is 1. The third-order valence-corrected chi connectivity index (χ3v) is 5.25. The third-order valence-electron chi connectivity index (χ3n) is 3.35. The fraction of sp³-hybridized carbons (Fsp3) is 0.375. The summed E-state index contributed by atoms with van der Waals surface area (Å²) < 4.78 is 32.9. The molecule has 2 aromatic rings. The average molecular weight is 307 g/mol. The minimum absolute atomic E-state index is 0.201. The van der Waals surface area contributed by atoms with E-state index in [9.17, 15) is 8.42 Å². The van der Waals surface area contributed by atoms with Crippen LogP contribution in [0.5, 0.6) is 0 Å². The highest BCUT2D eigenvalue weighted by Gasteiger charge is 2.22. The van der Waals surface area contributed by atoms with Crippen molar-refractivity contribution in [2.45, 2.75) is 45.1 Å². The summed E-state index contributed by atoms with van der Waals surface area (Å²) in [5.74, 6) is 0. The lowest BCUT2D eigenvalue weighted by atomic mass is 10.1. The Labute approximate surface area is 126 Å². The number of aryl methyl sites for hydroxylation is 3. The van der Waals surface area contributed by atoms with Gasteiger partial charge in [-0.25, -0.2) is 13.1 Å². The molecule has 0 amide bonds. The van der Waals surface area contributed by atoms with Crippen molar-refractivity contribution in [3.63, 3.8) is 0 Å². The second-order valence-electron chi connectivity index (χ2n) is 5.59. The molecule has 1 atom stereocenters. The number of hydrogen-bond acceptors (Lipinski definition) is 3. The van der Waals surface area contributed by atoms with Crippen molar-refractivity contribution in [2.24, 2.45) is 0 Å². The molecule has 0 saturated heterocycles. The maximum absolute atomic E-state index is 12.6. The Bertz CT molecular complexity index is 695. The molecule has 1 heterocycles. The van der Waals surface area contributed by atoms with Crippen molar-refractivity contribution in [1.82, 2.24) is 4.72 Å². The zero-order valence-corrected chi connectivity index (χ0v) is 13.6. The topological polar surface area (TPSA) is 59.3 Å². The number of rotatable bonds is 5. The molecule has 1 N–H and O–H groups in total. The van der Waals surface area contributed by atoms with Crippen molar-refractivity contribution in [3.05, 3.63) is 53.0 Å². The van der Waals surface area contributed by atoms with Gasteiger partial charge in [-0.15, -0.1) is 0 Å². The standard InChI is InChI=1S/C16H21NO3S/c1-11-7-12(2)16(13(3)8-11)21(18,19)17-14(4)9-15-5-6-20-10-15/h5-8,10,14,17H,9H2,1-4H3. The second-order valence-corrected chi connectivity index (χ2v) is 7.24. The predicted octanol–water partition coefficient (Wildman–Crippen LogP) is 3.11. The van der Waals surface area contributed by atoms with Gasteiger partial charge in [-0.3, -0.25) is 0 Å². The molecule has 1 aromatic heterocycles. The normalized spacial score (nSPS) is 13.3. The summed E-state index contributed by atoms with van der Waals surface area (Å²) in [5.41, 5.74) is 3.59. The molecule has 4 nitrogen and oxygen atoms in total. The smallest absolute Gasteiger partial charge is 0.241 e. The van der Waals surface area contributed by atoms with E-state index in [2.05, 4.69) is 4.72 Å². The number of sulfonamides is 1. The lowest BCUT2D eigenvalue weighted by Crippen LogP contribution is -2.34. The van der Waals surface area contributed by atoms with Crippen LogP contribution in [0.3, 0.4) is 0 Å². The van der Waals surface area contributed by atoms with Crippen LogP contribution >= 0.6 is 0 Å². The quantitative estimate of drug-likeness (QED) is 0.923. The summed E-state index contributed by atoms with van der Waals surface area (Å²) in [5, 5.41) is 0. The lowest BCUT2D eigenvalue weighted by molar-refractivity contribution is 0.548. The Morgan fingerprint density at radius 2 is 1.81 bits per heavy atom.